The van der Waals surface area contributed by atoms with Gasteiger partial charge < -0.3 is 20.3 Å². The predicted molar refractivity (Wildman–Crippen MR) is 301 cm³/mol. The van der Waals surface area contributed by atoms with Crippen molar-refractivity contribution in [2.24, 2.45) is 0 Å². The lowest BCUT2D eigenvalue weighted by molar-refractivity contribution is -0.143. The molecule has 0 radical (unpaired) electrons. The first-order chi connectivity index (χ1) is 34.0. The fourth-order valence-electron chi connectivity index (χ4n) is 9.69. The molecule has 408 valence electrons. The lowest BCUT2D eigenvalue weighted by Gasteiger charge is -2.20. The Kier molecular flexibility index (Phi) is 57.5. The van der Waals surface area contributed by atoms with Crippen LogP contribution in [0.2, 0.25) is 0 Å². The third kappa shape index (κ3) is 55.5. The molecule has 0 rings (SSSR count). The van der Waals surface area contributed by atoms with Crippen LogP contribution < -0.4 is 5.32 Å². The molecule has 6 heteroatoms. The minimum absolute atomic E-state index is 0.00651. The summed E-state index contributed by atoms with van der Waals surface area (Å²) in [4.78, 5) is 24.5. The average molecular weight is 973 g/mol. The average Bonchev–Trinajstić information content (AvgIpc) is 3.35. The van der Waals surface area contributed by atoms with E-state index in [-0.39, 0.29) is 18.5 Å². The number of ether oxygens (including phenoxy) is 1. The fraction of sp³-hybridized carbons (Fsp3) is 0.905. The van der Waals surface area contributed by atoms with Crippen molar-refractivity contribution < 1.29 is 24.5 Å². The number of nitrogens with one attached hydrogen (secondary N) is 1. The highest BCUT2D eigenvalue weighted by atomic mass is 16.5. The number of amides is 1. The molecule has 0 aromatic rings. The molecular weight excluding hydrogens is 851 g/mol. The molecule has 0 bridgehead atoms. The summed E-state index contributed by atoms with van der Waals surface area (Å²) in [6.45, 7) is 4.92. The van der Waals surface area contributed by atoms with E-state index >= 15 is 0 Å². The molecule has 0 aliphatic heterocycles. The van der Waals surface area contributed by atoms with E-state index in [0.29, 0.717) is 19.4 Å². The fourth-order valence-corrected chi connectivity index (χ4v) is 9.69. The Labute approximate surface area is 431 Å². The van der Waals surface area contributed by atoms with Gasteiger partial charge in [-0.05, 0) is 57.8 Å². The van der Waals surface area contributed by atoms with Gasteiger partial charge in [-0.1, -0.05) is 295 Å². The highest BCUT2D eigenvalue weighted by molar-refractivity contribution is 5.76. The molecule has 0 aliphatic rings. The molecule has 0 heterocycles. The van der Waals surface area contributed by atoms with E-state index in [4.69, 9.17) is 4.74 Å². The van der Waals surface area contributed by atoms with Crippen LogP contribution >= 0.6 is 0 Å². The normalized spacial score (nSPS) is 12.7. The molecule has 2 atom stereocenters. The monoisotopic (exact) mass is 972 g/mol. The zero-order chi connectivity index (χ0) is 50.0. The third-order valence-corrected chi connectivity index (χ3v) is 14.5. The lowest BCUT2D eigenvalue weighted by Crippen LogP contribution is -2.45. The zero-order valence-corrected chi connectivity index (χ0v) is 46.6. The molecule has 0 aromatic carbocycles. The number of carbonyl (C=O) groups excluding carboxylic acids is 2. The Morgan fingerprint density at radius 2 is 0.681 bits per heavy atom. The van der Waals surface area contributed by atoms with Crippen LogP contribution in [0.1, 0.15) is 341 Å². The third-order valence-electron chi connectivity index (χ3n) is 14.5. The molecule has 0 aromatic heterocycles. The number of allylic oxidation sites excluding steroid dienone is 3. The van der Waals surface area contributed by atoms with Crippen LogP contribution in [0, 0.1) is 0 Å². The van der Waals surface area contributed by atoms with Gasteiger partial charge in [-0.3, -0.25) is 9.59 Å². The molecule has 1 amide bonds. The number of aliphatic hydroxyl groups excluding tert-OH is 2. The number of esters is 1. The van der Waals surface area contributed by atoms with Crippen LogP contribution in [0.4, 0.5) is 0 Å². The zero-order valence-electron chi connectivity index (χ0n) is 46.6. The Balaban J connectivity index is 3.46. The summed E-state index contributed by atoms with van der Waals surface area (Å²) in [7, 11) is 0. The molecule has 0 spiro atoms. The van der Waals surface area contributed by atoms with Crippen LogP contribution in [0.5, 0.6) is 0 Å². The van der Waals surface area contributed by atoms with Crippen molar-refractivity contribution in [3.05, 3.63) is 24.3 Å². The van der Waals surface area contributed by atoms with Crippen molar-refractivity contribution in [2.75, 3.05) is 13.2 Å². The highest BCUT2D eigenvalue weighted by Crippen LogP contribution is 2.17. The van der Waals surface area contributed by atoms with Gasteiger partial charge in [0.05, 0.1) is 25.4 Å². The van der Waals surface area contributed by atoms with E-state index in [1.54, 1.807) is 6.08 Å². The van der Waals surface area contributed by atoms with Gasteiger partial charge in [-0.25, -0.2) is 0 Å². The number of hydrogen-bond donors (Lipinski definition) is 3. The topological polar surface area (TPSA) is 95.9 Å². The van der Waals surface area contributed by atoms with Crippen molar-refractivity contribution in [3.8, 4) is 0 Å². The molecule has 0 aliphatic carbocycles. The second-order valence-corrected chi connectivity index (χ2v) is 21.4. The molecular formula is C63H121NO5. The van der Waals surface area contributed by atoms with Gasteiger partial charge >= 0.3 is 5.97 Å². The van der Waals surface area contributed by atoms with Crippen LogP contribution in [0.25, 0.3) is 0 Å². The van der Waals surface area contributed by atoms with Crippen molar-refractivity contribution in [3.63, 3.8) is 0 Å². The maximum absolute atomic E-state index is 12.5. The predicted octanol–water partition coefficient (Wildman–Crippen LogP) is 19.4. The molecule has 6 nitrogen and oxygen atoms in total. The first kappa shape index (κ1) is 67.3. The Morgan fingerprint density at radius 3 is 1.03 bits per heavy atom. The van der Waals surface area contributed by atoms with E-state index in [0.717, 1.165) is 51.4 Å². The second-order valence-electron chi connectivity index (χ2n) is 21.4. The van der Waals surface area contributed by atoms with Crippen molar-refractivity contribution >= 4 is 11.9 Å². The van der Waals surface area contributed by atoms with Gasteiger partial charge in [0, 0.05) is 12.8 Å². The van der Waals surface area contributed by atoms with E-state index < -0.39 is 12.1 Å². The number of aliphatic hydroxyl groups is 2. The van der Waals surface area contributed by atoms with Crippen LogP contribution in [-0.2, 0) is 14.3 Å². The maximum Gasteiger partial charge on any atom is 0.305 e. The van der Waals surface area contributed by atoms with Crippen molar-refractivity contribution in [2.45, 2.75) is 353 Å². The van der Waals surface area contributed by atoms with Crippen molar-refractivity contribution in [1.82, 2.24) is 5.32 Å². The SMILES string of the molecule is CCCCCCCCCCCCCCCCCC/C=C/C(O)C(CO)NC(=O)CCCCCCCCC/C=C\CCCCCCCCCCOC(=O)CCCCCCCCCCCCCCCCC. The molecule has 0 saturated carbocycles. The second kappa shape index (κ2) is 58.9. The highest BCUT2D eigenvalue weighted by Gasteiger charge is 2.18. The summed E-state index contributed by atoms with van der Waals surface area (Å²) < 4.78 is 5.48. The molecule has 69 heavy (non-hydrogen) atoms. The van der Waals surface area contributed by atoms with Gasteiger partial charge in [-0.15, -0.1) is 0 Å². The van der Waals surface area contributed by atoms with E-state index in [1.807, 2.05) is 6.08 Å². The summed E-state index contributed by atoms with van der Waals surface area (Å²) in [5, 5.41) is 23.2. The van der Waals surface area contributed by atoms with Crippen LogP contribution in [0.15, 0.2) is 24.3 Å². The van der Waals surface area contributed by atoms with E-state index in [9.17, 15) is 19.8 Å². The van der Waals surface area contributed by atoms with E-state index in [2.05, 4.69) is 31.3 Å². The minimum atomic E-state index is -0.851. The number of unbranched alkanes of at least 4 members (excludes halogenated alkanes) is 45. The summed E-state index contributed by atoms with van der Waals surface area (Å²) in [5.41, 5.74) is 0. The summed E-state index contributed by atoms with van der Waals surface area (Å²) >= 11 is 0. The van der Waals surface area contributed by atoms with Crippen molar-refractivity contribution in [1.29, 1.82) is 0 Å². The lowest BCUT2D eigenvalue weighted by atomic mass is 10.0. The number of hydrogen-bond acceptors (Lipinski definition) is 5. The van der Waals surface area contributed by atoms with Crippen LogP contribution in [0.3, 0.4) is 0 Å². The maximum atomic E-state index is 12.5. The standard InChI is InChI=1S/C63H121NO5/c1-3-5-7-9-11-13-15-17-19-20-24-28-31-35-39-43-47-51-55-61(66)60(59-65)64-62(67)56-52-48-44-40-36-32-29-25-22-21-23-26-30-34-38-42-46-50-54-58-69-63(68)57-53-49-45-41-37-33-27-18-16-14-12-10-8-6-4-2/h21-22,51,55,60-61,65-66H,3-20,23-50,52-54,56-59H2,1-2H3,(H,64,67)/b22-21-,55-51+. The van der Waals surface area contributed by atoms with E-state index in [1.165, 1.54) is 263 Å². The first-order valence-corrected chi connectivity index (χ1v) is 31.1. The van der Waals surface area contributed by atoms with Gasteiger partial charge in [0.1, 0.15) is 0 Å². The molecule has 2 unspecified atom stereocenters. The number of carbonyl (C=O) groups is 2. The first-order valence-electron chi connectivity index (χ1n) is 31.1. The summed E-state index contributed by atoms with van der Waals surface area (Å²) in [5.74, 6) is -0.0686. The van der Waals surface area contributed by atoms with Gasteiger partial charge in [0.25, 0.3) is 0 Å². The molecule has 0 fully saturated rings. The van der Waals surface area contributed by atoms with Gasteiger partial charge in [0.15, 0.2) is 0 Å². The Hall–Kier alpha value is -1.66. The van der Waals surface area contributed by atoms with Gasteiger partial charge in [0.2, 0.25) is 5.91 Å². The summed E-state index contributed by atoms with van der Waals surface area (Å²) in [6.07, 6.45) is 72.1. The Bertz CT molecular complexity index is 1080. The Morgan fingerprint density at radius 1 is 0.391 bits per heavy atom. The quantitative estimate of drug-likeness (QED) is 0.0321. The smallest absolute Gasteiger partial charge is 0.305 e. The molecule has 3 N–H and O–H groups in total. The largest absolute Gasteiger partial charge is 0.466 e. The van der Waals surface area contributed by atoms with Gasteiger partial charge in [-0.2, -0.15) is 0 Å². The number of rotatable bonds is 58. The van der Waals surface area contributed by atoms with Crippen LogP contribution in [-0.4, -0.2) is 47.4 Å². The molecule has 0 saturated heterocycles. The minimum Gasteiger partial charge on any atom is -0.466 e. The summed E-state index contributed by atoms with van der Waals surface area (Å²) in [6, 6.07) is -0.635.